The maximum Gasteiger partial charge on any atom is 0.259 e. The molecule has 0 fully saturated rings. The number of amidine groups is 1. The molecule has 0 atom stereocenters. The minimum absolute atomic E-state index is 0.532. The Hall–Kier alpha value is -0.730. The number of nitrogens with two attached hydrogens (primary N) is 2. The van der Waals surface area contributed by atoms with Crippen LogP contribution in [0.3, 0.4) is 0 Å². The van der Waals surface area contributed by atoms with Gasteiger partial charge >= 0.3 is 0 Å². The van der Waals surface area contributed by atoms with Gasteiger partial charge in [0.2, 0.25) is 0 Å². The van der Waals surface area contributed by atoms with Gasteiger partial charge in [-0.3, -0.25) is 11.6 Å². The summed E-state index contributed by atoms with van der Waals surface area (Å²) in [6.45, 7) is 1.68. The summed E-state index contributed by atoms with van der Waals surface area (Å²) in [7, 11) is 0. The zero-order valence-corrected chi connectivity index (χ0v) is 3.15. The SMILES string of the molecule is C/C(N)=[NH+]/N. The fourth-order valence-electron chi connectivity index (χ4n) is 0. The van der Waals surface area contributed by atoms with Crippen molar-refractivity contribution in [2.75, 3.05) is 0 Å². The molecule has 0 aromatic carbocycles. The van der Waals surface area contributed by atoms with Crippen LogP contribution in [-0.4, -0.2) is 5.84 Å². The van der Waals surface area contributed by atoms with E-state index in [1.54, 1.807) is 6.92 Å². The van der Waals surface area contributed by atoms with Crippen LogP contribution in [0.15, 0.2) is 0 Å². The predicted molar refractivity (Wildman–Crippen MR) is 20.0 cm³/mol. The molecule has 0 heterocycles. The van der Waals surface area contributed by atoms with Gasteiger partial charge in [0.1, 0.15) is 0 Å². The molecule has 0 radical (unpaired) electrons. The van der Waals surface area contributed by atoms with Crippen molar-refractivity contribution >= 4 is 5.84 Å². The lowest BCUT2D eigenvalue weighted by molar-refractivity contribution is -0.470. The van der Waals surface area contributed by atoms with Crippen molar-refractivity contribution < 1.29 is 5.10 Å². The van der Waals surface area contributed by atoms with Crippen molar-refractivity contribution in [1.29, 1.82) is 0 Å². The number of hydrazone groups is 1. The normalized spacial score (nSPS) is 11.8. The molecule has 0 saturated heterocycles. The molecular weight excluding hydrogens is 66.0 g/mol. The van der Waals surface area contributed by atoms with Crippen LogP contribution in [0.1, 0.15) is 6.92 Å². The van der Waals surface area contributed by atoms with Crippen LogP contribution in [0.5, 0.6) is 0 Å². The van der Waals surface area contributed by atoms with E-state index in [2.05, 4.69) is 5.10 Å². The third-order valence-electron chi connectivity index (χ3n) is 0.228. The van der Waals surface area contributed by atoms with Crippen LogP contribution in [0.25, 0.3) is 0 Å². The Morgan fingerprint density at radius 1 is 1.80 bits per heavy atom. The van der Waals surface area contributed by atoms with Crippen LogP contribution < -0.4 is 16.7 Å². The van der Waals surface area contributed by atoms with E-state index in [0.29, 0.717) is 5.84 Å². The van der Waals surface area contributed by atoms with Gasteiger partial charge in [-0.1, -0.05) is 0 Å². The summed E-state index contributed by atoms with van der Waals surface area (Å²) in [5.41, 5.74) is 4.97. The second-order valence-electron chi connectivity index (χ2n) is 0.827. The zero-order valence-electron chi connectivity index (χ0n) is 3.15. The van der Waals surface area contributed by atoms with Crippen molar-refractivity contribution in [1.82, 2.24) is 0 Å². The van der Waals surface area contributed by atoms with Gasteiger partial charge in [0.15, 0.2) is 0 Å². The van der Waals surface area contributed by atoms with E-state index in [0.717, 1.165) is 0 Å². The molecule has 0 rings (SSSR count). The second-order valence-corrected chi connectivity index (χ2v) is 0.827. The summed E-state index contributed by atoms with van der Waals surface area (Å²) in [6.07, 6.45) is 0. The van der Waals surface area contributed by atoms with Crippen LogP contribution in [0.4, 0.5) is 0 Å². The van der Waals surface area contributed by atoms with Crippen molar-refractivity contribution in [3.63, 3.8) is 0 Å². The predicted octanol–water partition coefficient (Wildman–Crippen LogP) is -2.68. The monoisotopic (exact) mass is 74.1 g/mol. The summed E-state index contributed by atoms with van der Waals surface area (Å²) < 4.78 is 0. The molecule has 5 N–H and O–H groups in total. The number of nitrogens with one attached hydrogen (secondary N) is 1. The van der Waals surface area contributed by atoms with E-state index in [4.69, 9.17) is 11.6 Å². The summed E-state index contributed by atoms with van der Waals surface area (Å²) in [5.74, 6) is 5.29. The molecule has 3 nitrogen and oxygen atoms in total. The summed E-state index contributed by atoms with van der Waals surface area (Å²) in [4.78, 5) is 0. The second kappa shape index (κ2) is 1.58. The minimum atomic E-state index is 0.532. The van der Waals surface area contributed by atoms with Gasteiger partial charge in [0.05, 0.1) is 0 Å². The maximum absolute atomic E-state index is 4.97. The van der Waals surface area contributed by atoms with E-state index in [1.165, 1.54) is 0 Å². The highest BCUT2D eigenvalue weighted by molar-refractivity contribution is 5.70. The summed E-state index contributed by atoms with van der Waals surface area (Å²) >= 11 is 0. The lowest BCUT2D eigenvalue weighted by atomic mass is 10.7. The van der Waals surface area contributed by atoms with Gasteiger partial charge in [0, 0.05) is 6.92 Å². The molecule has 0 aromatic heterocycles. The quantitative estimate of drug-likeness (QED) is 0.127. The van der Waals surface area contributed by atoms with Gasteiger partial charge < -0.3 is 0 Å². The highest BCUT2D eigenvalue weighted by Gasteiger charge is 1.72. The van der Waals surface area contributed by atoms with Crippen molar-refractivity contribution in [3.8, 4) is 0 Å². The molecule has 0 spiro atoms. The summed E-state index contributed by atoms with van der Waals surface area (Å²) in [5, 5.41) is 2.22. The first-order chi connectivity index (χ1) is 2.27. The van der Waals surface area contributed by atoms with E-state index in [-0.39, 0.29) is 0 Å². The van der Waals surface area contributed by atoms with Gasteiger partial charge in [0.25, 0.3) is 5.84 Å². The number of hydrogen-bond acceptors (Lipinski definition) is 1. The molecule has 0 unspecified atom stereocenters. The van der Waals surface area contributed by atoms with Crippen molar-refractivity contribution in [3.05, 3.63) is 0 Å². The van der Waals surface area contributed by atoms with Gasteiger partial charge in [-0.05, 0) is 0 Å². The molecule has 0 amide bonds. The average Bonchev–Trinajstić information content (AvgIpc) is 1.38. The smallest absolute Gasteiger partial charge is 0.259 e. The van der Waals surface area contributed by atoms with Gasteiger partial charge in [-0.25, -0.2) is 0 Å². The molecule has 30 valence electrons. The van der Waals surface area contributed by atoms with Crippen LogP contribution in [-0.2, 0) is 0 Å². The van der Waals surface area contributed by atoms with E-state index >= 15 is 0 Å². The number of rotatable bonds is 0. The molecule has 0 aliphatic rings. The molecule has 0 saturated carbocycles. The largest absolute Gasteiger partial charge is 0.290 e. The van der Waals surface area contributed by atoms with E-state index in [1.807, 2.05) is 0 Å². The Balaban J connectivity index is 3.14. The Morgan fingerprint density at radius 3 is 2.00 bits per heavy atom. The van der Waals surface area contributed by atoms with Gasteiger partial charge in [-0.15, -0.1) is 0 Å². The third-order valence-corrected chi connectivity index (χ3v) is 0.228. The van der Waals surface area contributed by atoms with E-state index < -0.39 is 0 Å². The fourth-order valence-corrected chi connectivity index (χ4v) is 0. The number of hydrazine groups is 1. The average molecular weight is 74.1 g/mol. The first-order valence-electron chi connectivity index (χ1n) is 1.33. The van der Waals surface area contributed by atoms with Crippen LogP contribution >= 0.6 is 0 Å². The fraction of sp³-hybridized carbons (Fsp3) is 0.500. The highest BCUT2D eigenvalue weighted by atomic mass is 15.1. The van der Waals surface area contributed by atoms with Crippen molar-refractivity contribution in [2.45, 2.75) is 6.92 Å². The first kappa shape index (κ1) is 4.27. The van der Waals surface area contributed by atoms with E-state index in [9.17, 15) is 0 Å². The molecule has 0 aromatic rings. The lowest BCUT2D eigenvalue weighted by Crippen LogP contribution is -2.81. The Bertz CT molecular complexity index is 42.9. The van der Waals surface area contributed by atoms with Gasteiger partial charge in [-0.2, -0.15) is 5.10 Å². The minimum Gasteiger partial charge on any atom is -0.290 e. The standard InChI is InChI=1S/C2H7N3/c1-2(3)5-4/h4H2,1H3,(H2,3,5)/p+1. The highest BCUT2D eigenvalue weighted by Crippen LogP contribution is 1.25. The Morgan fingerprint density at radius 2 is 2.00 bits per heavy atom. The Labute approximate surface area is 30.6 Å². The summed E-state index contributed by atoms with van der Waals surface area (Å²) in [6, 6.07) is 0. The molecule has 0 bridgehead atoms. The lowest BCUT2D eigenvalue weighted by Gasteiger charge is -1.68. The molecule has 5 heavy (non-hydrogen) atoms. The molecule has 3 heteroatoms. The van der Waals surface area contributed by atoms with Crippen molar-refractivity contribution in [2.24, 2.45) is 11.6 Å². The zero-order chi connectivity index (χ0) is 4.28. The number of hydrogen-bond donors (Lipinski definition) is 3. The molecule has 0 aliphatic heterocycles. The van der Waals surface area contributed by atoms with Crippen LogP contribution in [0, 0.1) is 0 Å². The van der Waals surface area contributed by atoms with Crippen LogP contribution in [0.2, 0.25) is 0 Å². The first-order valence-corrected chi connectivity index (χ1v) is 1.33. The topological polar surface area (TPSA) is 66.0 Å². The molecular formula is C2H8N3+. The Kier molecular flexibility index (Phi) is 1.35. The third kappa shape index (κ3) is 3.27. The molecule has 0 aliphatic carbocycles. The maximum atomic E-state index is 4.97.